The number of anilines is 3. The molecule has 1 heterocycles. The largest absolute Gasteiger partial charge is 0.393 e. The molecule has 0 radical (unpaired) electrons. The summed E-state index contributed by atoms with van der Waals surface area (Å²) in [6.07, 6.45) is 10.1. The lowest BCUT2D eigenvalue weighted by Crippen LogP contribution is -2.11. The van der Waals surface area contributed by atoms with E-state index in [2.05, 4.69) is 38.8 Å². The maximum atomic E-state index is 6.20. The second-order valence-corrected chi connectivity index (χ2v) is 6.11. The predicted octanol–water partition coefficient (Wildman–Crippen LogP) is 3.97. The average Bonchev–Trinajstić information content (AvgIpc) is 2.64. The molecule has 24 heavy (non-hydrogen) atoms. The Labute approximate surface area is 143 Å². The summed E-state index contributed by atoms with van der Waals surface area (Å²) >= 11 is 0. The van der Waals surface area contributed by atoms with Crippen LogP contribution in [0.1, 0.15) is 37.7 Å². The molecule has 126 valence electrons. The number of hydrogen-bond donors (Lipinski definition) is 3. The Morgan fingerprint density at radius 1 is 1.00 bits per heavy atom. The summed E-state index contributed by atoms with van der Waals surface area (Å²) in [7, 11) is 0. The average molecular weight is 323 g/mol. The summed E-state index contributed by atoms with van der Waals surface area (Å²) in [6, 6.07) is 10.2. The second-order valence-electron chi connectivity index (χ2n) is 6.11. The monoisotopic (exact) mass is 323 g/mol. The minimum absolute atomic E-state index is 0.575. The molecule has 0 fully saturated rings. The van der Waals surface area contributed by atoms with Gasteiger partial charge >= 0.3 is 0 Å². The van der Waals surface area contributed by atoms with Crippen LogP contribution in [0.25, 0.3) is 0 Å². The molecule has 1 aliphatic carbocycles. The second kappa shape index (κ2) is 8.34. The molecule has 0 spiro atoms. The van der Waals surface area contributed by atoms with Crippen LogP contribution in [-0.4, -0.2) is 16.5 Å². The summed E-state index contributed by atoms with van der Waals surface area (Å²) in [4.78, 5) is 8.52. The highest BCUT2D eigenvalue weighted by atomic mass is 15.1. The molecule has 0 saturated carbocycles. The molecule has 1 aromatic carbocycles. The van der Waals surface area contributed by atoms with E-state index < -0.39 is 0 Å². The highest BCUT2D eigenvalue weighted by Crippen LogP contribution is 2.24. The summed E-state index contributed by atoms with van der Waals surface area (Å²) in [5.74, 6) is 1.38. The highest BCUT2D eigenvalue weighted by Gasteiger charge is 2.08. The van der Waals surface area contributed by atoms with Gasteiger partial charge in [0.25, 0.3) is 0 Å². The van der Waals surface area contributed by atoms with Gasteiger partial charge in [0.05, 0.1) is 0 Å². The van der Waals surface area contributed by atoms with E-state index in [1.165, 1.54) is 31.2 Å². The van der Waals surface area contributed by atoms with Crippen molar-refractivity contribution in [3.8, 4) is 0 Å². The van der Waals surface area contributed by atoms with Crippen LogP contribution in [0.15, 0.2) is 48.3 Å². The number of hydrogen-bond acceptors (Lipinski definition) is 5. The molecule has 0 amide bonds. The zero-order valence-corrected chi connectivity index (χ0v) is 14.0. The van der Waals surface area contributed by atoms with E-state index in [0.29, 0.717) is 23.9 Å². The fraction of sp³-hybridized carbons (Fsp3) is 0.368. The van der Waals surface area contributed by atoms with E-state index in [-0.39, 0.29) is 0 Å². The first-order valence-electron chi connectivity index (χ1n) is 8.63. The van der Waals surface area contributed by atoms with Crippen molar-refractivity contribution in [1.82, 2.24) is 9.97 Å². The van der Waals surface area contributed by atoms with Crippen molar-refractivity contribution in [1.29, 1.82) is 0 Å². The van der Waals surface area contributed by atoms with Crippen molar-refractivity contribution in [3.05, 3.63) is 53.9 Å². The van der Waals surface area contributed by atoms with Gasteiger partial charge in [-0.25, -0.2) is 9.97 Å². The normalized spacial score (nSPS) is 14.1. The van der Waals surface area contributed by atoms with Crippen molar-refractivity contribution in [2.75, 3.05) is 22.9 Å². The van der Waals surface area contributed by atoms with Crippen LogP contribution in [0.3, 0.4) is 0 Å². The van der Waals surface area contributed by atoms with Crippen LogP contribution in [-0.2, 0) is 6.54 Å². The van der Waals surface area contributed by atoms with E-state index in [1.807, 2.05) is 18.2 Å². The van der Waals surface area contributed by atoms with E-state index in [0.717, 1.165) is 13.0 Å². The van der Waals surface area contributed by atoms with Gasteiger partial charge in [0.1, 0.15) is 12.0 Å². The maximum Gasteiger partial charge on any atom is 0.155 e. The molecule has 2 aromatic rings. The minimum atomic E-state index is 0.575. The third-order valence-electron chi connectivity index (χ3n) is 4.31. The topological polar surface area (TPSA) is 75.9 Å². The van der Waals surface area contributed by atoms with Crippen LogP contribution < -0.4 is 16.4 Å². The molecule has 0 atom stereocenters. The molecule has 0 aliphatic heterocycles. The first-order chi connectivity index (χ1) is 11.8. The Bertz CT molecular complexity index is 681. The Hall–Kier alpha value is -2.56. The zero-order chi connectivity index (χ0) is 16.6. The number of allylic oxidation sites excluding steroid dienone is 1. The molecule has 0 bridgehead atoms. The smallest absolute Gasteiger partial charge is 0.155 e. The number of nitrogens with two attached hydrogens (primary N) is 1. The molecule has 0 unspecified atom stereocenters. The Kier molecular flexibility index (Phi) is 5.66. The van der Waals surface area contributed by atoms with Gasteiger partial charge in [-0.1, -0.05) is 42.0 Å². The van der Waals surface area contributed by atoms with E-state index in [9.17, 15) is 0 Å². The SMILES string of the molecule is Nc1c(NCCC2=CCCCC2)ncnc1NCc1ccccc1. The van der Waals surface area contributed by atoms with Gasteiger partial charge < -0.3 is 16.4 Å². The third-order valence-corrected chi connectivity index (χ3v) is 4.31. The van der Waals surface area contributed by atoms with Crippen molar-refractivity contribution >= 4 is 17.3 Å². The van der Waals surface area contributed by atoms with Crippen LogP contribution in [0.2, 0.25) is 0 Å². The minimum Gasteiger partial charge on any atom is -0.393 e. The van der Waals surface area contributed by atoms with E-state index in [1.54, 1.807) is 11.9 Å². The molecule has 5 nitrogen and oxygen atoms in total. The zero-order valence-electron chi connectivity index (χ0n) is 14.0. The van der Waals surface area contributed by atoms with Gasteiger partial charge in [-0.2, -0.15) is 0 Å². The quantitative estimate of drug-likeness (QED) is 0.672. The lowest BCUT2D eigenvalue weighted by Gasteiger charge is -2.15. The van der Waals surface area contributed by atoms with Crippen molar-refractivity contribution < 1.29 is 0 Å². The van der Waals surface area contributed by atoms with Crippen LogP contribution in [0.5, 0.6) is 0 Å². The number of rotatable bonds is 7. The van der Waals surface area contributed by atoms with Crippen LogP contribution in [0, 0.1) is 0 Å². The fourth-order valence-corrected chi connectivity index (χ4v) is 2.93. The number of nitrogens with zero attached hydrogens (tertiary/aromatic N) is 2. The number of benzene rings is 1. The number of nitrogen functional groups attached to an aromatic ring is 1. The molecule has 4 N–H and O–H groups in total. The van der Waals surface area contributed by atoms with Gasteiger partial charge in [-0.15, -0.1) is 0 Å². The van der Waals surface area contributed by atoms with Gasteiger partial charge in [0.2, 0.25) is 0 Å². The van der Waals surface area contributed by atoms with Gasteiger partial charge in [0, 0.05) is 13.1 Å². The molecule has 3 rings (SSSR count). The molecule has 0 saturated heterocycles. The Morgan fingerprint density at radius 2 is 1.79 bits per heavy atom. The Morgan fingerprint density at radius 3 is 2.54 bits per heavy atom. The van der Waals surface area contributed by atoms with Gasteiger partial charge in [0.15, 0.2) is 11.6 Å². The molecular formula is C19H25N5. The molecule has 1 aromatic heterocycles. The van der Waals surface area contributed by atoms with Crippen molar-refractivity contribution in [2.45, 2.75) is 38.6 Å². The fourth-order valence-electron chi connectivity index (χ4n) is 2.93. The van der Waals surface area contributed by atoms with Crippen molar-refractivity contribution in [3.63, 3.8) is 0 Å². The standard InChI is InChI=1S/C19H25N5/c20-17-18(21-12-11-15-7-3-1-4-8-15)23-14-24-19(17)22-13-16-9-5-2-6-10-16/h2,5-7,9-10,14H,1,3-4,8,11-13,20H2,(H2,21,22,23,24). The lowest BCUT2D eigenvalue weighted by molar-refractivity contribution is 0.679. The third kappa shape index (κ3) is 4.47. The van der Waals surface area contributed by atoms with E-state index in [4.69, 9.17) is 5.73 Å². The summed E-state index contributed by atoms with van der Waals surface area (Å²) in [5.41, 5.74) is 9.51. The molecule has 5 heteroatoms. The van der Waals surface area contributed by atoms with Crippen LogP contribution in [0.4, 0.5) is 17.3 Å². The first kappa shape index (κ1) is 16.3. The Balaban J connectivity index is 1.55. The summed E-state index contributed by atoms with van der Waals surface area (Å²) < 4.78 is 0. The van der Waals surface area contributed by atoms with Crippen molar-refractivity contribution in [2.24, 2.45) is 0 Å². The first-order valence-corrected chi connectivity index (χ1v) is 8.63. The maximum absolute atomic E-state index is 6.20. The molecular weight excluding hydrogens is 298 g/mol. The molecule has 1 aliphatic rings. The van der Waals surface area contributed by atoms with Gasteiger partial charge in [-0.05, 0) is 37.7 Å². The lowest BCUT2D eigenvalue weighted by atomic mass is 9.97. The number of nitrogens with one attached hydrogen (secondary N) is 2. The van der Waals surface area contributed by atoms with Gasteiger partial charge in [-0.3, -0.25) is 0 Å². The number of aromatic nitrogens is 2. The highest BCUT2D eigenvalue weighted by molar-refractivity contribution is 5.73. The summed E-state index contributed by atoms with van der Waals surface area (Å²) in [5, 5.41) is 6.62. The van der Waals surface area contributed by atoms with Crippen LogP contribution >= 0.6 is 0 Å². The summed E-state index contributed by atoms with van der Waals surface area (Å²) in [6.45, 7) is 1.54. The predicted molar refractivity (Wildman–Crippen MR) is 99.9 cm³/mol. The van der Waals surface area contributed by atoms with E-state index >= 15 is 0 Å².